The molecule has 0 spiro atoms. The van der Waals surface area contributed by atoms with E-state index in [1.807, 2.05) is 28.8 Å². The first-order valence-corrected chi connectivity index (χ1v) is 8.94. The Bertz CT molecular complexity index is 1280. The van der Waals surface area contributed by atoms with E-state index >= 15 is 0 Å². The second kappa shape index (κ2) is 6.65. The number of allylic oxidation sites excluding steroid dienone is 1. The highest BCUT2D eigenvalue weighted by Gasteiger charge is 2.14. The molecule has 1 N–H and O–H groups in total. The second-order valence-corrected chi connectivity index (χ2v) is 6.87. The topological polar surface area (TPSA) is 93.3 Å². The first kappa shape index (κ1) is 16.9. The van der Waals surface area contributed by atoms with Crippen molar-refractivity contribution in [1.29, 1.82) is 0 Å². The molecule has 7 nitrogen and oxygen atoms in total. The van der Waals surface area contributed by atoms with Gasteiger partial charge in [0.15, 0.2) is 4.80 Å². The van der Waals surface area contributed by atoms with Crippen molar-refractivity contribution in [3.05, 3.63) is 81.8 Å². The van der Waals surface area contributed by atoms with Crippen LogP contribution >= 0.6 is 11.3 Å². The van der Waals surface area contributed by atoms with Gasteiger partial charge in [-0.3, -0.25) is 14.9 Å². The van der Waals surface area contributed by atoms with Gasteiger partial charge in [0.2, 0.25) is 0 Å². The van der Waals surface area contributed by atoms with E-state index in [4.69, 9.17) is 0 Å². The average Bonchev–Trinajstić information content (AvgIpc) is 3.23. The zero-order valence-corrected chi connectivity index (χ0v) is 14.9. The van der Waals surface area contributed by atoms with Crippen LogP contribution in [0.25, 0.3) is 21.1 Å². The van der Waals surface area contributed by atoms with Crippen LogP contribution in [-0.4, -0.2) is 20.4 Å². The van der Waals surface area contributed by atoms with Gasteiger partial charge in [-0.1, -0.05) is 35.6 Å². The number of carbonyl (C=O) groups is 1. The number of aromatic amines is 1. The Morgan fingerprint density at radius 1 is 1.33 bits per heavy atom. The summed E-state index contributed by atoms with van der Waals surface area (Å²) in [7, 11) is 0. The quantitative estimate of drug-likeness (QED) is 0.330. The molecule has 1 amide bonds. The van der Waals surface area contributed by atoms with Gasteiger partial charge in [-0.25, -0.2) is 0 Å². The number of amides is 1. The molecule has 4 aromatic rings. The minimum Gasteiger partial charge on any atom is -0.360 e. The van der Waals surface area contributed by atoms with Crippen LogP contribution in [0.4, 0.5) is 5.69 Å². The minimum atomic E-state index is -0.440. The molecular weight excluding hydrogens is 364 g/mol. The number of hydrogen-bond acceptors (Lipinski definition) is 4. The molecule has 0 unspecified atom stereocenters. The zero-order chi connectivity index (χ0) is 19.0. The van der Waals surface area contributed by atoms with Crippen molar-refractivity contribution in [2.75, 3.05) is 0 Å². The third kappa shape index (κ3) is 2.96. The van der Waals surface area contributed by atoms with Gasteiger partial charge in [0, 0.05) is 35.8 Å². The molecule has 0 saturated carbocycles. The van der Waals surface area contributed by atoms with Gasteiger partial charge in [-0.05, 0) is 12.1 Å². The Labute approximate surface area is 157 Å². The summed E-state index contributed by atoms with van der Waals surface area (Å²) in [5, 5.41) is 11.8. The van der Waals surface area contributed by atoms with E-state index in [9.17, 15) is 14.9 Å². The van der Waals surface area contributed by atoms with Gasteiger partial charge in [-0.15, -0.1) is 6.58 Å². The monoisotopic (exact) mass is 378 g/mol. The van der Waals surface area contributed by atoms with Crippen LogP contribution in [0.15, 0.2) is 66.3 Å². The smallest absolute Gasteiger partial charge is 0.281 e. The highest BCUT2D eigenvalue weighted by Crippen LogP contribution is 2.24. The lowest BCUT2D eigenvalue weighted by atomic mass is 10.2. The van der Waals surface area contributed by atoms with Crippen molar-refractivity contribution in [2.24, 2.45) is 4.99 Å². The summed E-state index contributed by atoms with van der Waals surface area (Å²) < 4.78 is 2.51. The lowest BCUT2D eigenvalue weighted by molar-refractivity contribution is -0.384. The molecule has 4 rings (SSSR count). The highest BCUT2D eigenvalue weighted by molar-refractivity contribution is 7.16. The first-order valence-electron chi connectivity index (χ1n) is 8.12. The summed E-state index contributed by atoms with van der Waals surface area (Å²) in [6.07, 6.45) is 3.34. The largest absolute Gasteiger partial charge is 0.360 e. The number of rotatable bonds is 4. The normalized spacial score (nSPS) is 11.9. The second-order valence-electron chi connectivity index (χ2n) is 5.86. The number of para-hydroxylation sites is 1. The van der Waals surface area contributed by atoms with E-state index < -0.39 is 4.92 Å². The van der Waals surface area contributed by atoms with Crippen LogP contribution in [0, 0.1) is 10.1 Å². The molecule has 0 bridgehead atoms. The Balaban J connectivity index is 1.88. The van der Waals surface area contributed by atoms with Crippen molar-refractivity contribution in [2.45, 2.75) is 6.54 Å². The molecule has 0 saturated heterocycles. The molecular formula is C19H14N4O3S. The third-order valence-electron chi connectivity index (χ3n) is 4.21. The molecule has 8 heteroatoms. The summed E-state index contributed by atoms with van der Waals surface area (Å²) in [5.74, 6) is -0.369. The number of H-pyrrole nitrogens is 1. The van der Waals surface area contributed by atoms with Crippen LogP contribution < -0.4 is 4.80 Å². The van der Waals surface area contributed by atoms with E-state index in [0.717, 1.165) is 16.4 Å². The Kier molecular flexibility index (Phi) is 4.17. The van der Waals surface area contributed by atoms with Crippen molar-refractivity contribution < 1.29 is 9.72 Å². The number of nitrogens with one attached hydrogen (secondary N) is 1. The van der Waals surface area contributed by atoms with Gasteiger partial charge in [0.1, 0.15) is 0 Å². The molecule has 2 aromatic heterocycles. The van der Waals surface area contributed by atoms with Crippen LogP contribution in [0.3, 0.4) is 0 Å². The molecule has 0 aliphatic rings. The van der Waals surface area contributed by atoms with E-state index in [1.165, 1.54) is 23.5 Å². The standard InChI is InChI=1S/C19H14N4O3S/c1-2-9-22-16-8-7-12(23(25)26)10-17(16)27-19(22)21-18(24)14-11-20-15-6-4-3-5-13(14)15/h2-8,10-11,20H,1,9H2. The first-order chi connectivity index (χ1) is 13.1. The summed E-state index contributed by atoms with van der Waals surface area (Å²) in [4.78, 5) is 31.2. The molecule has 2 heterocycles. The summed E-state index contributed by atoms with van der Waals surface area (Å²) in [5.41, 5.74) is 2.13. The summed E-state index contributed by atoms with van der Waals surface area (Å²) in [6, 6.07) is 12.1. The molecule has 0 aliphatic carbocycles. The van der Waals surface area contributed by atoms with Gasteiger partial charge in [-0.2, -0.15) is 4.99 Å². The van der Waals surface area contributed by atoms with Crippen molar-refractivity contribution in [3.8, 4) is 0 Å². The van der Waals surface area contributed by atoms with Gasteiger partial charge < -0.3 is 9.55 Å². The maximum atomic E-state index is 12.8. The number of nitro benzene ring substituents is 1. The predicted octanol–water partition coefficient (Wildman–Crippen LogP) is 4.02. The van der Waals surface area contributed by atoms with Crippen LogP contribution in [0.1, 0.15) is 10.4 Å². The van der Waals surface area contributed by atoms with Crippen LogP contribution in [0.2, 0.25) is 0 Å². The van der Waals surface area contributed by atoms with E-state index in [0.29, 0.717) is 21.6 Å². The van der Waals surface area contributed by atoms with E-state index in [2.05, 4.69) is 16.6 Å². The van der Waals surface area contributed by atoms with Crippen molar-refractivity contribution in [3.63, 3.8) is 0 Å². The molecule has 2 aromatic carbocycles. The molecule has 0 aliphatic heterocycles. The molecule has 0 atom stereocenters. The Morgan fingerprint density at radius 2 is 2.15 bits per heavy atom. The minimum absolute atomic E-state index is 0.00371. The Morgan fingerprint density at radius 3 is 2.93 bits per heavy atom. The number of non-ortho nitro benzene ring substituents is 1. The van der Waals surface area contributed by atoms with Gasteiger partial charge >= 0.3 is 0 Å². The fraction of sp³-hybridized carbons (Fsp3) is 0.0526. The number of aromatic nitrogens is 2. The number of nitrogens with zero attached hydrogens (tertiary/aromatic N) is 3. The summed E-state index contributed by atoms with van der Waals surface area (Å²) >= 11 is 1.24. The molecule has 27 heavy (non-hydrogen) atoms. The zero-order valence-electron chi connectivity index (χ0n) is 14.1. The fourth-order valence-electron chi connectivity index (χ4n) is 2.96. The number of thiazole rings is 1. The lowest BCUT2D eigenvalue weighted by Gasteiger charge is -2.00. The molecule has 0 fully saturated rings. The summed E-state index contributed by atoms with van der Waals surface area (Å²) in [6.45, 7) is 4.19. The number of benzene rings is 2. The van der Waals surface area contributed by atoms with Crippen molar-refractivity contribution >= 4 is 44.1 Å². The Hall–Kier alpha value is -3.52. The maximum Gasteiger partial charge on any atom is 0.281 e. The van der Waals surface area contributed by atoms with Gasteiger partial charge in [0.05, 0.1) is 20.7 Å². The maximum absolute atomic E-state index is 12.8. The van der Waals surface area contributed by atoms with E-state index in [-0.39, 0.29) is 11.6 Å². The third-order valence-corrected chi connectivity index (χ3v) is 5.25. The van der Waals surface area contributed by atoms with Crippen LogP contribution in [0.5, 0.6) is 0 Å². The molecule has 134 valence electrons. The predicted molar refractivity (Wildman–Crippen MR) is 105 cm³/mol. The number of hydrogen-bond donors (Lipinski definition) is 1. The SMILES string of the molecule is C=CCn1c(=NC(=O)c2c[nH]c3ccccc23)sc2cc([N+](=O)[O-])ccc21. The molecule has 0 radical (unpaired) electrons. The number of nitro groups is 1. The fourth-order valence-corrected chi connectivity index (χ4v) is 4.03. The lowest BCUT2D eigenvalue weighted by Crippen LogP contribution is -2.16. The van der Waals surface area contributed by atoms with Crippen LogP contribution in [-0.2, 0) is 6.54 Å². The average molecular weight is 378 g/mol. The number of carbonyl (C=O) groups excluding carboxylic acids is 1. The van der Waals surface area contributed by atoms with E-state index in [1.54, 1.807) is 18.3 Å². The number of fused-ring (bicyclic) bond motifs is 2. The van der Waals surface area contributed by atoms with Crippen molar-refractivity contribution in [1.82, 2.24) is 9.55 Å². The van der Waals surface area contributed by atoms with Gasteiger partial charge in [0.25, 0.3) is 11.6 Å². The highest BCUT2D eigenvalue weighted by atomic mass is 32.1.